The largest absolute Gasteiger partial charge is 0.396 e. The second kappa shape index (κ2) is 14.6. The fraction of sp³-hybridized carbons (Fsp3) is 0.552. The van der Waals surface area contributed by atoms with Crippen molar-refractivity contribution in [2.24, 2.45) is 0 Å². The summed E-state index contributed by atoms with van der Waals surface area (Å²) in [6.07, 6.45) is 0.663. The molecule has 2 rings (SSSR count). The molecule has 7 nitrogen and oxygen atoms in total. The van der Waals surface area contributed by atoms with E-state index in [2.05, 4.69) is 36.0 Å². The Morgan fingerprint density at radius 3 is 2.03 bits per heavy atom. The Balaban J connectivity index is 2.48. The number of carbonyl (C=O) groups excluding carboxylic acids is 1. The van der Waals surface area contributed by atoms with E-state index in [-0.39, 0.29) is 16.9 Å². The first kappa shape index (κ1) is 31.0. The van der Waals surface area contributed by atoms with Crippen LogP contribution in [0.1, 0.15) is 76.5 Å². The molecule has 2 unspecified atom stereocenters. The number of rotatable bonds is 16. The molecule has 2 aromatic rings. The Morgan fingerprint density at radius 1 is 0.919 bits per heavy atom. The molecule has 0 fully saturated rings. The minimum absolute atomic E-state index is 0.0694. The molecule has 0 bridgehead atoms. The van der Waals surface area contributed by atoms with E-state index in [1.807, 2.05) is 56.3 Å². The molecule has 0 aliphatic carbocycles. The summed E-state index contributed by atoms with van der Waals surface area (Å²) in [6, 6.07) is 17.4. The van der Waals surface area contributed by atoms with Crippen molar-refractivity contribution in [1.82, 2.24) is 10.0 Å². The molecule has 0 spiro atoms. The fourth-order valence-electron chi connectivity index (χ4n) is 4.92. The molecule has 0 heterocycles. The molecule has 0 saturated carbocycles. The first-order valence-corrected chi connectivity index (χ1v) is 15.0. The van der Waals surface area contributed by atoms with E-state index in [0.717, 1.165) is 11.1 Å². The van der Waals surface area contributed by atoms with Gasteiger partial charge in [-0.25, -0.2) is 4.72 Å². The van der Waals surface area contributed by atoms with E-state index in [1.165, 1.54) is 5.56 Å². The molecule has 1 amide bonds. The second-order valence-corrected chi connectivity index (χ2v) is 12.0. The van der Waals surface area contributed by atoms with E-state index in [0.29, 0.717) is 44.8 Å². The number of hydrogen-bond acceptors (Lipinski definition) is 5. The van der Waals surface area contributed by atoms with E-state index < -0.39 is 28.3 Å². The first-order chi connectivity index (χ1) is 17.6. The molecule has 2 atom stereocenters. The average molecular weight is 533 g/mol. The smallest absolute Gasteiger partial charge is 0.386 e. The zero-order valence-corrected chi connectivity index (χ0v) is 23.9. The highest BCUT2D eigenvalue weighted by atomic mass is 32.2. The number of aliphatic hydroxyl groups is 1. The summed E-state index contributed by atoms with van der Waals surface area (Å²) >= 11 is 0. The quantitative estimate of drug-likeness (QED) is 0.281. The van der Waals surface area contributed by atoms with Crippen molar-refractivity contribution in [3.63, 3.8) is 0 Å². The van der Waals surface area contributed by atoms with Gasteiger partial charge >= 0.3 is 10.2 Å². The Bertz CT molecular complexity index is 1050. The van der Waals surface area contributed by atoms with E-state index in [4.69, 9.17) is 0 Å². The van der Waals surface area contributed by atoms with Gasteiger partial charge < -0.3 is 10.4 Å². The Kier molecular flexibility index (Phi) is 12.2. The lowest BCUT2D eigenvalue weighted by Crippen LogP contribution is -2.68. The number of carbonyl (C=O) groups is 1. The van der Waals surface area contributed by atoms with Crippen molar-refractivity contribution in [2.45, 2.75) is 84.9 Å². The lowest BCUT2D eigenvalue weighted by molar-refractivity contribution is -0.838. The molecular weight excluding hydrogens is 486 g/mol. The summed E-state index contributed by atoms with van der Waals surface area (Å²) in [5.41, 5.74) is 3.25. The van der Waals surface area contributed by atoms with Crippen molar-refractivity contribution in [1.29, 1.82) is 0 Å². The van der Waals surface area contributed by atoms with Gasteiger partial charge in [-0.3, -0.25) is 4.79 Å². The highest BCUT2D eigenvalue weighted by Crippen LogP contribution is 2.28. The summed E-state index contributed by atoms with van der Waals surface area (Å²) < 4.78 is 29.7. The molecular formula is C29H46N3O4S+. The van der Waals surface area contributed by atoms with E-state index in [1.54, 1.807) is 6.92 Å². The lowest BCUT2D eigenvalue weighted by Gasteiger charge is -2.44. The van der Waals surface area contributed by atoms with Crippen LogP contribution in [0.2, 0.25) is 0 Å². The highest BCUT2D eigenvalue weighted by Gasteiger charge is 2.51. The summed E-state index contributed by atoms with van der Waals surface area (Å²) in [4.78, 5) is 12.3. The van der Waals surface area contributed by atoms with Crippen LogP contribution in [0.15, 0.2) is 54.6 Å². The molecule has 0 aromatic heterocycles. The Labute approximate surface area is 224 Å². The van der Waals surface area contributed by atoms with Gasteiger partial charge in [-0.05, 0) is 35.4 Å². The van der Waals surface area contributed by atoms with Crippen molar-refractivity contribution < 1.29 is 22.2 Å². The van der Waals surface area contributed by atoms with Crippen molar-refractivity contribution >= 4 is 16.1 Å². The SMILES string of the molecule is CCC[N+](CCC)(C(Cc1ccc(C(C)C)cc1)C(O)CNCc1ccccc1)S(=O)(=O)NC(=O)CC. The molecule has 2 aromatic carbocycles. The van der Waals surface area contributed by atoms with E-state index in [9.17, 15) is 18.3 Å². The number of quaternary nitrogens is 1. The number of hydrogen-bond donors (Lipinski definition) is 3. The summed E-state index contributed by atoms with van der Waals surface area (Å²) in [7, 11) is -4.13. The number of nitrogens with zero attached hydrogens (tertiary/aromatic N) is 1. The number of aliphatic hydroxyl groups excluding tert-OH is 1. The van der Waals surface area contributed by atoms with Crippen LogP contribution < -0.4 is 10.0 Å². The zero-order valence-electron chi connectivity index (χ0n) is 23.1. The van der Waals surface area contributed by atoms with Gasteiger partial charge in [0, 0.05) is 25.9 Å². The van der Waals surface area contributed by atoms with Crippen LogP contribution in [0.3, 0.4) is 0 Å². The van der Waals surface area contributed by atoms with Crippen LogP contribution in [-0.4, -0.2) is 55.1 Å². The first-order valence-electron chi connectivity index (χ1n) is 13.5. The molecule has 0 saturated heterocycles. The predicted octanol–water partition coefficient (Wildman–Crippen LogP) is 4.28. The summed E-state index contributed by atoms with van der Waals surface area (Å²) in [6.45, 7) is 11.2. The Morgan fingerprint density at radius 2 is 1.51 bits per heavy atom. The monoisotopic (exact) mass is 532 g/mol. The number of nitrogens with one attached hydrogen (secondary N) is 2. The van der Waals surface area contributed by atoms with Gasteiger partial charge in [-0.2, -0.15) is 12.3 Å². The van der Waals surface area contributed by atoms with Crippen LogP contribution in [0.4, 0.5) is 0 Å². The maximum atomic E-state index is 13.9. The van der Waals surface area contributed by atoms with Gasteiger partial charge in [0.15, 0.2) is 0 Å². The average Bonchev–Trinajstić information content (AvgIpc) is 2.87. The van der Waals surface area contributed by atoms with Crippen molar-refractivity contribution in [3.8, 4) is 0 Å². The molecule has 206 valence electrons. The van der Waals surface area contributed by atoms with Crippen LogP contribution in [0.5, 0.6) is 0 Å². The second-order valence-electron chi connectivity index (χ2n) is 10.1. The van der Waals surface area contributed by atoms with Gasteiger partial charge in [0.25, 0.3) is 0 Å². The maximum Gasteiger partial charge on any atom is 0.396 e. The Hall–Kier alpha value is -2.26. The zero-order chi connectivity index (χ0) is 27.5. The van der Waals surface area contributed by atoms with Gasteiger partial charge in [-0.15, -0.1) is 0 Å². The fourth-order valence-corrected chi connectivity index (χ4v) is 6.95. The third kappa shape index (κ3) is 8.37. The van der Waals surface area contributed by atoms with Crippen LogP contribution >= 0.6 is 0 Å². The van der Waals surface area contributed by atoms with Crippen LogP contribution in [0.25, 0.3) is 0 Å². The lowest BCUT2D eigenvalue weighted by atomic mass is 9.95. The van der Waals surface area contributed by atoms with Crippen molar-refractivity contribution in [3.05, 3.63) is 71.3 Å². The summed E-state index contributed by atoms with van der Waals surface area (Å²) in [5, 5.41) is 14.9. The third-order valence-electron chi connectivity index (χ3n) is 6.91. The van der Waals surface area contributed by atoms with Gasteiger partial charge in [-0.1, -0.05) is 89.2 Å². The van der Waals surface area contributed by atoms with Gasteiger partial charge in [0.05, 0.1) is 13.1 Å². The molecule has 0 aliphatic rings. The molecule has 0 radical (unpaired) electrons. The molecule has 37 heavy (non-hydrogen) atoms. The van der Waals surface area contributed by atoms with E-state index >= 15 is 0 Å². The number of benzene rings is 2. The van der Waals surface area contributed by atoms with Gasteiger partial charge in [0.1, 0.15) is 12.1 Å². The molecule has 0 aliphatic heterocycles. The minimum Gasteiger partial charge on any atom is -0.386 e. The van der Waals surface area contributed by atoms with Crippen LogP contribution in [0, 0.1) is 0 Å². The maximum absolute atomic E-state index is 13.9. The normalized spacial score (nSPS) is 13.9. The predicted molar refractivity (Wildman–Crippen MR) is 150 cm³/mol. The number of amides is 1. The third-order valence-corrected chi connectivity index (χ3v) is 8.99. The summed E-state index contributed by atoms with van der Waals surface area (Å²) in [5.74, 6) is -0.149. The van der Waals surface area contributed by atoms with Crippen molar-refractivity contribution in [2.75, 3.05) is 19.6 Å². The minimum atomic E-state index is -4.13. The standard InChI is InChI=1S/C29H45N3O4S/c1-6-18-32(19-7-2,37(35,36)31-29(34)8-3)27(20-24-14-16-26(17-15-24)23(4)5)28(33)22-30-21-25-12-10-9-11-13-25/h9-17,23,27-28,30,33H,6-8,18-22H2,1-5H3/p+1. The molecule has 8 heteroatoms. The highest BCUT2D eigenvalue weighted by molar-refractivity contribution is 7.84. The van der Waals surface area contributed by atoms with Gasteiger partial charge in [0.2, 0.25) is 5.91 Å². The van der Waals surface area contributed by atoms with Crippen LogP contribution in [-0.2, 0) is 28.0 Å². The topological polar surface area (TPSA) is 95.5 Å². The molecule has 3 N–H and O–H groups in total.